The first-order valence-corrected chi connectivity index (χ1v) is 9.20. The van der Waals surface area contributed by atoms with Gasteiger partial charge in [-0.05, 0) is 56.0 Å². The molecule has 0 aromatic heterocycles. The molecule has 1 N–H and O–H groups in total. The van der Waals surface area contributed by atoms with Gasteiger partial charge in [0.2, 0.25) is 0 Å². The molecule has 0 bridgehead atoms. The van der Waals surface area contributed by atoms with E-state index < -0.39 is 10.0 Å². The quantitative estimate of drug-likeness (QED) is 0.891. The predicted octanol–water partition coefficient (Wildman–Crippen LogP) is 4.20. The van der Waals surface area contributed by atoms with Crippen LogP contribution in [-0.4, -0.2) is 14.3 Å². The Hall–Kier alpha value is -2.40. The molecule has 124 valence electrons. The average molecular weight is 340 g/mol. The lowest BCUT2D eigenvalue weighted by Crippen LogP contribution is -2.12. The van der Waals surface area contributed by atoms with Crippen molar-refractivity contribution in [2.75, 3.05) is 5.32 Å². The number of nitrogens with one attached hydrogen (secondary N) is 1. The number of anilines is 1. The molecule has 0 saturated carbocycles. The Morgan fingerprint density at radius 1 is 0.875 bits per heavy atom. The summed E-state index contributed by atoms with van der Waals surface area (Å²) in [5.74, 6) is 0.387. The second-order valence-corrected chi connectivity index (χ2v) is 7.65. The van der Waals surface area contributed by atoms with Crippen LogP contribution < -0.4 is 5.32 Å². The molecule has 0 fully saturated rings. The summed E-state index contributed by atoms with van der Waals surface area (Å²) in [6, 6.07) is 13.4. The molecule has 1 aliphatic heterocycles. The summed E-state index contributed by atoms with van der Waals surface area (Å²) < 4.78 is 29.1. The van der Waals surface area contributed by atoms with Crippen LogP contribution in [0.1, 0.15) is 29.2 Å². The van der Waals surface area contributed by atoms with Crippen LogP contribution in [0, 0.1) is 20.8 Å². The van der Waals surface area contributed by atoms with Crippen LogP contribution in [0.3, 0.4) is 0 Å². The summed E-state index contributed by atoms with van der Waals surface area (Å²) in [5, 5.41) is 3.15. The molecule has 0 radical (unpaired) electrons. The molecular formula is C19H20N2O2S. The van der Waals surface area contributed by atoms with Gasteiger partial charge in [0.25, 0.3) is 10.0 Å². The Morgan fingerprint density at radius 2 is 1.58 bits per heavy atom. The lowest BCUT2D eigenvalue weighted by molar-refractivity contribution is 0.608. The third-order valence-electron chi connectivity index (χ3n) is 4.33. The van der Waals surface area contributed by atoms with E-state index in [2.05, 4.69) is 9.71 Å². The van der Waals surface area contributed by atoms with Gasteiger partial charge >= 0.3 is 0 Å². The number of rotatable bonds is 2. The minimum Gasteiger partial charge on any atom is -0.339 e. The Kier molecular flexibility index (Phi) is 4.05. The first-order chi connectivity index (χ1) is 11.3. The summed E-state index contributed by atoms with van der Waals surface area (Å²) in [5.41, 5.74) is 5.40. The number of benzene rings is 2. The van der Waals surface area contributed by atoms with E-state index in [9.17, 15) is 8.42 Å². The van der Waals surface area contributed by atoms with Crippen LogP contribution in [0.2, 0.25) is 0 Å². The van der Waals surface area contributed by atoms with Crippen LogP contribution in [-0.2, 0) is 10.0 Å². The predicted molar refractivity (Wildman–Crippen MR) is 99.7 cm³/mol. The van der Waals surface area contributed by atoms with Crippen molar-refractivity contribution in [3.05, 3.63) is 70.3 Å². The molecule has 2 aromatic rings. The molecule has 0 unspecified atom stereocenters. The Labute approximate surface area is 143 Å². The van der Waals surface area contributed by atoms with E-state index in [1.165, 1.54) is 0 Å². The third kappa shape index (κ3) is 2.87. The van der Waals surface area contributed by atoms with E-state index in [4.69, 9.17) is 0 Å². The maximum Gasteiger partial charge on any atom is 0.285 e. The van der Waals surface area contributed by atoms with Crippen molar-refractivity contribution in [3.63, 3.8) is 0 Å². The maximum atomic E-state index is 12.6. The van der Waals surface area contributed by atoms with Crippen LogP contribution in [0.15, 0.2) is 52.4 Å². The molecular weight excluding hydrogens is 320 g/mol. The molecule has 0 saturated heterocycles. The minimum atomic E-state index is -3.70. The van der Waals surface area contributed by atoms with Gasteiger partial charge in [0.1, 0.15) is 10.7 Å². The number of nitrogens with zero attached hydrogens (tertiary/aromatic N) is 1. The highest BCUT2D eigenvalue weighted by Gasteiger charge is 2.31. The molecule has 0 atom stereocenters. The van der Waals surface area contributed by atoms with Crippen molar-refractivity contribution < 1.29 is 8.42 Å². The zero-order chi connectivity index (χ0) is 17.5. The summed E-state index contributed by atoms with van der Waals surface area (Å²) in [4.78, 5) is 0.279. The molecule has 5 heteroatoms. The van der Waals surface area contributed by atoms with Gasteiger partial charge in [0, 0.05) is 11.3 Å². The highest BCUT2D eigenvalue weighted by Crippen LogP contribution is 2.34. The fourth-order valence-electron chi connectivity index (χ4n) is 2.74. The molecule has 24 heavy (non-hydrogen) atoms. The monoisotopic (exact) mass is 340 g/mol. The zero-order valence-corrected chi connectivity index (χ0v) is 15.0. The summed E-state index contributed by atoms with van der Waals surface area (Å²) in [6.45, 7) is 7.74. The average Bonchev–Trinajstić information content (AvgIpc) is 2.74. The van der Waals surface area contributed by atoms with Crippen LogP contribution in [0.4, 0.5) is 5.69 Å². The third-order valence-corrected chi connectivity index (χ3v) is 5.81. The van der Waals surface area contributed by atoms with E-state index in [0.717, 1.165) is 22.4 Å². The summed E-state index contributed by atoms with van der Waals surface area (Å²) in [6.07, 6.45) is 0. The van der Waals surface area contributed by atoms with Crippen molar-refractivity contribution in [1.82, 2.24) is 0 Å². The van der Waals surface area contributed by atoms with E-state index in [0.29, 0.717) is 17.0 Å². The second-order valence-electron chi connectivity index (χ2n) is 6.11. The first kappa shape index (κ1) is 16.5. The van der Waals surface area contributed by atoms with Gasteiger partial charge in [0.15, 0.2) is 0 Å². The van der Waals surface area contributed by atoms with Gasteiger partial charge < -0.3 is 5.32 Å². The van der Waals surface area contributed by atoms with Crippen LogP contribution in [0.5, 0.6) is 0 Å². The second kappa shape index (κ2) is 5.91. The number of hydrogen-bond acceptors (Lipinski definition) is 3. The van der Waals surface area contributed by atoms with Crippen molar-refractivity contribution in [2.45, 2.75) is 27.7 Å². The van der Waals surface area contributed by atoms with Gasteiger partial charge in [-0.2, -0.15) is 8.42 Å². The Morgan fingerprint density at radius 3 is 2.25 bits per heavy atom. The lowest BCUT2D eigenvalue weighted by Gasteiger charge is -2.10. The summed E-state index contributed by atoms with van der Waals surface area (Å²) in [7, 11) is -3.70. The van der Waals surface area contributed by atoms with Gasteiger partial charge in [-0.25, -0.2) is 0 Å². The molecule has 1 aliphatic rings. The fraction of sp³-hybridized carbons (Fsp3) is 0.211. The zero-order valence-electron chi connectivity index (χ0n) is 14.2. The van der Waals surface area contributed by atoms with Gasteiger partial charge in [-0.15, -0.1) is 4.40 Å². The molecule has 0 spiro atoms. The lowest BCUT2D eigenvalue weighted by atomic mass is 10.0. The maximum absolute atomic E-state index is 12.6. The van der Waals surface area contributed by atoms with E-state index >= 15 is 0 Å². The summed E-state index contributed by atoms with van der Waals surface area (Å²) >= 11 is 0. The van der Waals surface area contributed by atoms with Crippen LogP contribution >= 0.6 is 0 Å². The number of amidine groups is 1. The number of hydrogen-bond donors (Lipinski definition) is 1. The molecule has 0 amide bonds. The number of aryl methyl sites for hydroxylation is 3. The number of sulfonamides is 1. The minimum absolute atomic E-state index is 0.279. The highest BCUT2D eigenvalue weighted by atomic mass is 32.2. The topological polar surface area (TPSA) is 58.5 Å². The standard InChI is InChI=1S/C19H20N2O2S/c1-12-9-10-16(11-14(12)3)18-15(4)19(21-24(18,22)23)20-17-8-6-5-7-13(17)2/h5-11H,1-4H3,(H,20,21). The molecule has 1 heterocycles. The van der Waals surface area contributed by atoms with E-state index in [1.54, 1.807) is 6.92 Å². The first-order valence-electron chi connectivity index (χ1n) is 7.76. The van der Waals surface area contributed by atoms with Crippen molar-refractivity contribution in [3.8, 4) is 0 Å². The van der Waals surface area contributed by atoms with Crippen molar-refractivity contribution >= 4 is 26.5 Å². The van der Waals surface area contributed by atoms with Crippen molar-refractivity contribution in [2.24, 2.45) is 4.40 Å². The molecule has 4 nitrogen and oxygen atoms in total. The molecule has 0 aliphatic carbocycles. The van der Waals surface area contributed by atoms with Gasteiger partial charge in [-0.3, -0.25) is 0 Å². The van der Waals surface area contributed by atoms with Gasteiger partial charge in [-0.1, -0.05) is 36.4 Å². The van der Waals surface area contributed by atoms with E-state index in [-0.39, 0.29) is 4.91 Å². The molecule has 3 rings (SSSR count). The van der Waals surface area contributed by atoms with Gasteiger partial charge in [0.05, 0.1) is 0 Å². The Balaban J connectivity index is 2.06. The normalized spacial score (nSPS) is 16.2. The Bertz CT molecular complexity index is 986. The number of para-hydroxylation sites is 1. The highest BCUT2D eigenvalue weighted by molar-refractivity contribution is 8.00. The van der Waals surface area contributed by atoms with E-state index in [1.807, 2.05) is 63.2 Å². The smallest absolute Gasteiger partial charge is 0.285 e. The van der Waals surface area contributed by atoms with Crippen LogP contribution in [0.25, 0.3) is 4.91 Å². The largest absolute Gasteiger partial charge is 0.339 e. The molecule has 2 aromatic carbocycles. The SMILES string of the molecule is CC1=C(c2ccc(C)c(C)c2)S(=O)(=O)N=C1Nc1ccccc1C. The van der Waals surface area contributed by atoms with Crippen molar-refractivity contribution in [1.29, 1.82) is 0 Å². The fourth-order valence-corrected chi connectivity index (χ4v) is 4.16.